The third kappa shape index (κ3) is 3.60. The number of aromatic nitrogens is 1. The van der Waals surface area contributed by atoms with Crippen LogP contribution in [0.1, 0.15) is 73.4 Å². The van der Waals surface area contributed by atoms with Crippen molar-refractivity contribution in [3.05, 3.63) is 81.7 Å². The highest BCUT2D eigenvalue weighted by Gasteiger charge is 2.32. The molecule has 4 rings (SSSR count). The Morgan fingerprint density at radius 1 is 1.00 bits per heavy atom. The summed E-state index contributed by atoms with van der Waals surface area (Å²) in [6.07, 6.45) is 0. The van der Waals surface area contributed by atoms with Crippen LogP contribution in [0, 0.1) is 6.92 Å². The van der Waals surface area contributed by atoms with Crippen molar-refractivity contribution in [2.24, 2.45) is 0 Å². The normalized spacial score (nSPS) is 12.4. The molecule has 0 radical (unpaired) electrons. The lowest BCUT2D eigenvalue weighted by Gasteiger charge is -2.20. The highest BCUT2D eigenvalue weighted by Crippen LogP contribution is 2.32. The van der Waals surface area contributed by atoms with Crippen LogP contribution in [0.15, 0.2) is 47.0 Å². The van der Waals surface area contributed by atoms with Crippen molar-refractivity contribution in [3.63, 3.8) is 0 Å². The molecular weight excluding hydrogens is 412 g/mol. The van der Waals surface area contributed by atoms with Gasteiger partial charge in [-0.15, -0.1) is 0 Å². The van der Waals surface area contributed by atoms with Gasteiger partial charge >= 0.3 is 5.97 Å². The van der Waals surface area contributed by atoms with Crippen LogP contribution in [0.3, 0.4) is 0 Å². The number of hydrogen-bond donors (Lipinski definition) is 1. The van der Waals surface area contributed by atoms with Gasteiger partial charge in [0.05, 0.1) is 16.9 Å². The minimum absolute atomic E-state index is 0.0881. The third-order valence-electron chi connectivity index (χ3n) is 5.18. The Morgan fingerprint density at radius 3 is 2.34 bits per heavy atom. The van der Waals surface area contributed by atoms with Crippen molar-refractivity contribution in [1.82, 2.24) is 5.16 Å². The molecule has 1 N–H and O–H groups in total. The molecule has 0 fully saturated rings. The Balaban J connectivity index is 1.52. The zero-order valence-corrected chi connectivity index (χ0v) is 17.7. The lowest BCUT2D eigenvalue weighted by Crippen LogP contribution is -2.26. The number of aryl methyl sites for hydroxylation is 1. The number of nitrogens with one attached hydrogen (secondary N) is 1. The lowest BCUT2D eigenvalue weighted by atomic mass is 9.83. The van der Waals surface area contributed by atoms with Crippen molar-refractivity contribution in [3.8, 4) is 0 Å². The number of carbonyl (C=O) groups is 4. The summed E-state index contributed by atoms with van der Waals surface area (Å²) < 4.78 is 10.3. The van der Waals surface area contributed by atoms with Crippen LogP contribution in [-0.2, 0) is 9.53 Å². The van der Waals surface area contributed by atoms with Crippen LogP contribution >= 0.6 is 0 Å². The van der Waals surface area contributed by atoms with E-state index in [0.717, 1.165) is 0 Å². The van der Waals surface area contributed by atoms with E-state index >= 15 is 0 Å². The Labute approximate surface area is 183 Å². The second kappa shape index (κ2) is 8.22. The molecule has 0 bridgehead atoms. The van der Waals surface area contributed by atoms with E-state index in [0.29, 0.717) is 17.0 Å². The third-order valence-corrected chi connectivity index (χ3v) is 5.18. The number of rotatable bonds is 5. The SMILES string of the molecule is Cc1noc(C(C)C)c1C(=O)OCC(=O)Nc1cccc2c1C(=O)c1ccccc1C2=O. The summed E-state index contributed by atoms with van der Waals surface area (Å²) in [6.45, 7) is 4.73. The zero-order chi connectivity index (χ0) is 23.0. The van der Waals surface area contributed by atoms with Gasteiger partial charge in [0.15, 0.2) is 23.9 Å². The number of anilines is 1. The maximum absolute atomic E-state index is 13.0. The van der Waals surface area contributed by atoms with E-state index < -0.39 is 18.5 Å². The molecular formula is C24H20N2O6. The first-order valence-corrected chi connectivity index (χ1v) is 10.0. The van der Waals surface area contributed by atoms with Crippen LogP contribution in [0.2, 0.25) is 0 Å². The largest absolute Gasteiger partial charge is 0.452 e. The van der Waals surface area contributed by atoms with E-state index in [1.54, 1.807) is 43.3 Å². The van der Waals surface area contributed by atoms with Crippen molar-refractivity contribution >= 4 is 29.1 Å². The van der Waals surface area contributed by atoms with Gasteiger partial charge in [0.1, 0.15) is 5.56 Å². The molecule has 32 heavy (non-hydrogen) atoms. The molecule has 0 saturated carbocycles. The number of fused-ring (bicyclic) bond motifs is 2. The van der Waals surface area contributed by atoms with Gasteiger partial charge in [-0.05, 0) is 13.0 Å². The molecule has 2 aromatic carbocycles. The maximum Gasteiger partial charge on any atom is 0.344 e. The smallest absolute Gasteiger partial charge is 0.344 e. The lowest BCUT2D eigenvalue weighted by molar-refractivity contribution is -0.119. The summed E-state index contributed by atoms with van der Waals surface area (Å²) in [6, 6.07) is 11.2. The summed E-state index contributed by atoms with van der Waals surface area (Å²) in [7, 11) is 0. The molecule has 0 aliphatic heterocycles. The molecule has 3 aromatic rings. The maximum atomic E-state index is 13.0. The molecule has 0 spiro atoms. The van der Waals surface area contributed by atoms with Gasteiger partial charge in [0.2, 0.25) is 0 Å². The summed E-state index contributed by atoms with van der Waals surface area (Å²) in [4.78, 5) is 50.8. The van der Waals surface area contributed by atoms with E-state index in [1.165, 1.54) is 6.07 Å². The topological polar surface area (TPSA) is 116 Å². The van der Waals surface area contributed by atoms with E-state index in [2.05, 4.69) is 10.5 Å². The van der Waals surface area contributed by atoms with E-state index in [9.17, 15) is 19.2 Å². The molecule has 0 saturated heterocycles. The minimum atomic E-state index is -0.724. The molecule has 0 atom stereocenters. The molecule has 1 amide bonds. The molecule has 1 aliphatic rings. The first kappa shape index (κ1) is 21.2. The second-order valence-corrected chi connectivity index (χ2v) is 7.72. The van der Waals surface area contributed by atoms with Crippen molar-refractivity contribution in [2.45, 2.75) is 26.7 Å². The second-order valence-electron chi connectivity index (χ2n) is 7.72. The zero-order valence-electron chi connectivity index (χ0n) is 17.7. The number of nitrogens with zero attached hydrogens (tertiary/aromatic N) is 1. The van der Waals surface area contributed by atoms with E-state index in [-0.39, 0.29) is 45.4 Å². The Hall–Kier alpha value is -4.07. The number of carbonyl (C=O) groups excluding carboxylic acids is 4. The number of ketones is 2. The van der Waals surface area contributed by atoms with Gasteiger partial charge in [-0.3, -0.25) is 14.4 Å². The number of ether oxygens (including phenoxy) is 1. The van der Waals surface area contributed by atoms with Gasteiger partial charge in [-0.25, -0.2) is 4.79 Å². The molecule has 8 nitrogen and oxygen atoms in total. The highest BCUT2D eigenvalue weighted by atomic mass is 16.5. The van der Waals surface area contributed by atoms with Gasteiger partial charge < -0.3 is 14.6 Å². The molecule has 1 aromatic heterocycles. The molecule has 8 heteroatoms. The van der Waals surface area contributed by atoms with Crippen LogP contribution in [0.4, 0.5) is 5.69 Å². The predicted octanol–water partition coefficient (Wildman–Crippen LogP) is 3.68. The summed E-state index contributed by atoms with van der Waals surface area (Å²) >= 11 is 0. The average molecular weight is 432 g/mol. The summed E-state index contributed by atoms with van der Waals surface area (Å²) in [5.41, 5.74) is 1.69. The molecule has 1 aliphatic carbocycles. The van der Waals surface area contributed by atoms with Gasteiger partial charge in [0, 0.05) is 22.6 Å². The fraction of sp³-hybridized carbons (Fsp3) is 0.208. The minimum Gasteiger partial charge on any atom is -0.452 e. The number of hydrogen-bond acceptors (Lipinski definition) is 7. The van der Waals surface area contributed by atoms with Crippen LogP contribution in [-0.4, -0.2) is 35.2 Å². The Bertz CT molecular complexity index is 1270. The standard InChI is InChI=1S/C24H20N2O6/c1-12(2)23-19(13(3)26-32-23)24(30)31-11-18(27)25-17-10-6-9-16-20(17)22(29)15-8-5-4-7-14(15)21(16)28/h4-10,12H,11H2,1-3H3,(H,25,27). The summed E-state index contributed by atoms with van der Waals surface area (Å²) in [5, 5.41) is 6.37. The fourth-order valence-corrected chi connectivity index (χ4v) is 3.67. The van der Waals surface area contributed by atoms with Crippen LogP contribution in [0.25, 0.3) is 0 Å². The fourth-order valence-electron chi connectivity index (χ4n) is 3.67. The van der Waals surface area contributed by atoms with Gasteiger partial charge in [0.25, 0.3) is 5.91 Å². The Morgan fingerprint density at radius 2 is 1.66 bits per heavy atom. The first-order valence-electron chi connectivity index (χ1n) is 10.0. The van der Waals surface area contributed by atoms with Gasteiger partial charge in [-0.2, -0.15) is 0 Å². The van der Waals surface area contributed by atoms with E-state index in [4.69, 9.17) is 9.26 Å². The molecule has 162 valence electrons. The number of benzene rings is 2. The predicted molar refractivity (Wildman–Crippen MR) is 114 cm³/mol. The van der Waals surface area contributed by atoms with Crippen molar-refractivity contribution < 1.29 is 28.4 Å². The highest BCUT2D eigenvalue weighted by molar-refractivity contribution is 6.30. The molecule has 0 unspecified atom stereocenters. The quantitative estimate of drug-likeness (QED) is 0.478. The monoisotopic (exact) mass is 432 g/mol. The van der Waals surface area contributed by atoms with E-state index in [1.807, 2.05) is 13.8 Å². The van der Waals surface area contributed by atoms with Crippen molar-refractivity contribution in [1.29, 1.82) is 0 Å². The van der Waals surface area contributed by atoms with Crippen LogP contribution in [0.5, 0.6) is 0 Å². The number of amides is 1. The Kier molecular flexibility index (Phi) is 5.44. The first-order chi connectivity index (χ1) is 15.3. The average Bonchev–Trinajstić information content (AvgIpc) is 3.17. The summed E-state index contributed by atoms with van der Waals surface area (Å²) in [5.74, 6) is -1.72. The van der Waals surface area contributed by atoms with Crippen molar-refractivity contribution in [2.75, 3.05) is 11.9 Å². The number of esters is 1. The molecule has 1 heterocycles. The van der Waals surface area contributed by atoms with Gasteiger partial charge in [-0.1, -0.05) is 55.4 Å². The van der Waals surface area contributed by atoms with Crippen LogP contribution < -0.4 is 5.32 Å².